The van der Waals surface area contributed by atoms with Crippen molar-refractivity contribution in [2.24, 2.45) is 5.73 Å². The number of aromatic nitrogens is 2. The van der Waals surface area contributed by atoms with Crippen LogP contribution in [0.2, 0.25) is 0 Å². The third-order valence-electron chi connectivity index (χ3n) is 2.35. The van der Waals surface area contributed by atoms with Crippen molar-refractivity contribution in [2.75, 3.05) is 0 Å². The second kappa shape index (κ2) is 6.37. The van der Waals surface area contributed by atoms with Crippen LogP contribution < -0.4 is 5.73 Å². The molecule has 0 bridgehead atoms. The van der Waals surface area contributed by atoms with Gasteiger partial charge in [0.1, 0.15) is 0 Å². The second-order valence-electron chi connectivity index (χ2n) is 3.82. The molecule has 0 saturated carbocycles. The van der Waals surface area contributed by atoms with Crippen LogP contribution in [0.5, 0.6) is 0 Å². The molecule has 1 heterocycles. The molecular weight excluding hydrogens is 238 g/mol. The van der Waals surface area contributed by atoms with Gasteiger partial charge in [0, 0.05) is 6.42 Å². The van der Waals surface area contributed by atoms with E-state index in [4.69, 9.17) is 10.3 Å². The minimum atomic E-state index is -0.196. The highest BCUT2D eigenvalue weighted by atomic mass is 35.5. The zero-order valence-electron chi connectivity index (χ0n) is 9.67. The molecule has 1 aromatic carbocycles. The van der Waals surface area contributed by atoms with Crippen molar-refractivity contribution in [3.05, 3.63) is 47.6 Å². The number of aryl methyl sites for hydroxylation is 2. The van der Waals surface area contributed by atoms with E-state index in [-0.39, 0.29) is 18.4 Å². The van der Waals surface area contributed by atoms with E-state index in [2.05, 4.69) is 22.3 Å². The first-order chi connectivity index (χ1) is 7.75. The predicted molar refractivity (Wildman–Crippen MR) is 68.0 cm³/mol. The maximum absolute atomic E-state index is 5.64. The normalized spacial score (nSPS) is 11.9. The molecule has 5 heteroatoms. The number of hydrogen-bond acceptors (Lipinski definition) is 4. The first-order valence-electron chi connectivity index (χ1n) is 5.37. The van der Waals surface area contributed by atoms with E-state index in [1.807, 2.05) is 25.1 Å². The Morgan fingerprint density at radius 2 is 1.94 bits per heavy atom. The van der Waals surface area contributed by atoms with Gasteiger partial charge in [0.25, 0.3) is 0 Å². The molecule has 0 amide bonds. The van der Waals surface area contributed by atoms with Gasteiger partial charge in [-0.1, -0.05) is 35.5 Å². The third-order valence-corrected chi connectivity index (χ3v) is 2.35. The molecule has 1 aromatic heterocycles. The van der Waals surface area contributed by atoms with Crippen LogP contribution in [0.25, 0.3) is 0 Å². The lowest BCUT2D eigenvalue weighted by Crippen LogP contribution is -2.05. The predicted octanol–water partition coefficient (Wildman–Crippen LogP) is 2.30. The second-order valence-corrected chi connectivity index (χ2v) is 3.82. The van der Waals surface area contributed by atoms with Crippen molar-refractivity contribution in [3.8, 4) is 0 Å². The highest BCUT2D eigenvalue weighted by Gasteiger charge is 2.09. The quantitative estimate of drug-likeness (QED) is 0.908. The number of nitrogens with two attached hydrogens (primary N) is 1. The Kier molecular flexibility index (Phi) is 5.12. The summed E-state index contributed by atoms with van der Waals surface area (Å²) in [7, 11) is 0. The summed E-state index contributed by atoms with van der Waals surface area (Å²) in [5, 5.41) is 3.89. The van der Waals surface area contributed by atoms with Crippen LogP contribution in [0.4, 0.5) is 0 Å². The highest BCUT2D eigenvalue weighted by molar-refractivity contribution is 5.85. The monoisotopic (exact) mass is 253 g/mol. The highest BCUT2D eigenvalue weighted by Crippen LogP contribution is 2.08. The van der Waals surface area contributed by atoms with Crippen molar-refractivity contribution in [2.45, 2.75) is 25.8 Å². The maximum atomic E-state index is 5.64. The van der Waals surface area contributed by atoms with Crippen LogP contribution in [0, 0.1) is 0 Å². The fraction of sp³-hybridized carbons (Fsp3) is 0.333. The van der Waals surface area contributed by atoms with Gasteiger partial charge >= 0.3 is 0 Å². The summed E-state index contributed by atoms with van der Waals surface area (Å²) in [5.41, 5.74) is 6.91. The van der Waals surface area contributed by atoms with Crippen molar-refractivity contribution < 1.29 is 4.52 Å². The Morgan fingerprint density at radius 1 is 1.24 bits per heavy atom. The lowest BCUT2D eigenvalue weighted by atomic mass is 10.1. The summed E-state index contributed by atoms with van der Waals surface area (Å²) in [5.74, 6) is 1.22. The molecular formula is C12H16ClN3O. The fourth-order valence-electron chi connectivity index (χ4n) is 1.45. The van der Waals surface area contributed by atoms with E-state index in [1.165, 1.54) is 5.56 Å². The van der Waals surface area contributed by atoms with E-state index < -0.39 is 0 Å². The van der Waals surface area contributed by atoms with Crippen LogP contribution in [0.3, 0.4) is 0 Å². The molecule has 0 aliphatic rings. The Labute approximate surface area is 107 Å². The van der Waals surface area contributed by atoms with Gasteiger partial charge < -0.3 is 10.3 Å². The topological polar surface area (TPSA) is 64.9 Å². The minimum Gasteiger partial charge on any atom is -0.338 e. The first-order valence-corrected chi connectivity index (χ1v) is 5.37. The molecule has 0 saturated heterocycles. The van der Waals surface area contributed by atoms with Crippen LogP contribution >= 0.6 is 12.4 Å². The van der Waals surface area contributed by atoms with Crippen molar-refractivity contribution in [1.29, 1.82) is 0 Å². The number of nitrogens with zero attached hydrogens (tertiary/aromatic N) is 2. The van der Waals surface area contributed by atoms with Crippen LogP contribution in [0.1, 0.15) is 30.2 Å². The molecule has 0 aliphatic heterocycles. The Hall–Kier alpha value is -1.39. The zero-order valence-corrected chi connectivity index (χ0v) is 10.5. The molecule has 17 heavy (non-hydrogen) atoms. The molecule has 0 aliphatic carbocycles. The molecule has 0 spiro atoms. The lowest BCUT2D eigenvalue weighted by Gasteiger charge is -1.96. The summed E-state index contributed by atoms with van der Waals surface area (Å²) in [6, 6.07) is 10.0. The van der Waals surface area contributed by atoms with Gasteiger partial charge in [-0.25, -0.2) is 0 Å². The van der Waals surface area contributed by atoms with Crippen molar-refractivity contribution in [3.63, 3.8) is 0 Å². The SMILES string of the molecule is C[C@@H](N)c1nc(CCc2ccccc2)no1.Cl. The molecule has 4 nitrogen and oxygen atoms in total. The average Bonchev–Trinajstić information content (AvgIpc) is 2.76. The maximum Gasteiger partial charge on any atom is 0.243 e. The molecule has 2 aromatic rings. The van der Waals surface area contributed by atoms with Crippen LogP contribution in [-0.4, -0.2) is 10.1 Å². The van der Waals surface area contributed by atoms with E-state index >= 15 is 0 Å². The van der Waals surface area contributed by atoms with E-state index in [0.717, 1.165) is 18.7 Å². The average molecular weight is 254 g/mol. The number of benzene rings is 1. The van der Waals surface area contributed by atoms with Gasteiger partial charge in [-0.05, 0) is 18.9 Å². The summed E-state index contributed by atoms with van der Waals surface area (Å²) in [4.78, 5) is 4.22. The smallest absolute Gasteiger partial charge is 0.243 e. The Bertz CT molecular complexity index is 442. The van der Waals surface area contributed by atoms with Crippen LogP contribution in [-0.2, 0) is 12.8 Å². The molecule has 0 radical (unpaired) electrons. The van der Waals surface area contributed by atoms with Gasteiger partial charge in [-0.3, -0.25) is 0 Å². The van der Waals surface area contributed by atoms with Crippen molar-refractivity contribution >= 4 is 12.4 Å². The van der Waals surface area contributed by atoms with Gasteiger partial charge in [-0.15, -0.1) is 12.4 Å². The first kappa shape index (κ1) is 13.7. The summed E-state index contributed by atoms with van der Waals surface area (Å²) >= 11 is 0. The molecule has 92 valence electrons. The van der Waals surface area contributed by atoms with Crippen molar-refractivity contribution in [1.82, 2.24) is 10.1 Å². The molecule has 2 N–H and O–H groups in total. The molecule has 1 atom stereocenters. The Morgan fingerprint density at radius 3 is 2.53 bits per heavy atom. The number of halogens is 1. The standard InChI is InChI=1S/C12H15N3O.ClH/c1-9(13)12-14-11(15-16-12)8-7-10-5-3-2-4-6-10;/h2-6,9H,7-8,13H2,1H3;1H/t9-;/m1./s1. The van der Waals surface area contributed by atoms with E-state index in [9.17, 15) is 0 Å². The summed E-state index contributed by atoms with van der Waals surface area (Å²) < 4.78 is 5.03. The molecule has 2 rings (SSSR count). The zero-order chi connectivity index (χ0) is 11.4. The minimum absolute atomic E-state index is 0. The molecule has 0 unspecified atom stereocenters. The largest absolute Gasteiger partial charge is 0.338 e. The molecule has 0 fully saturated rings. The summed E-state index contributed by atoms with van der Waals surface area (Å²) in [6.45, 7) is 1.83. The Balaban J connectivity index is 0.00000144. The van der Waals surface area contributed by atoms with Gasteiger partial charge in [0.05, 0.1) is 6.04 Å². The number of rotatable bonds is 4. The summed E-state index contributed by atoms with van der Waals surface area (Å²) in [6.07, 6.45) is 1.69. The fourth-order valence-corrected chi connectivity index (χ4v) is 1.45. The van der Waals surface area contributed by atoms with Gasteiger partial charge in [0.2, 0.25) is 5.89 Å². The van der Waals surface area contributed by atoms with Gasteiger partial charge in [0.15, 0.2) is 5.82 Å². The van der Waals surface area contributed by atoms with Crippen LogP contribution in [0.15, 0.2) is 34.9 Å². The third kappa shape index (κ3) is 3.84. The number of hydrogen-bond donors (Lipinski definition) is 1. The lowest BCUT2D eigenvalue weighted by molar-refractivity contribution is 0.357. The van der Waals surface area contributed by atoms with Gasteiger partial charge in [-0.2, -0.15) is 4.98 Å². The van der Waals surface area contributed by atoms with E-state index in [1.54, 1.807) is 0 Å². The van der Waals surface area contributed by atoms with E-state index in [0.29, 0.717) is 5.89 Å².